The summed E-state index contributed by atoms with van der Waals surface area (Å²) in [4.78, 5) is 12.1. The van der Waals surface area contributed by atoms with Crippen molar-refractivity contribution in [2.75, 3.05) is 6.61 Å². The fourth-order valence-corrected chi connectivity index (χ4v) is 2.75. The van der Waals surface area contributed by atoms with E-state index in [-0.39, 0.29) is 25.2 Å². The summed E-state index contributed by atoms with van der Waals surface area (Å²) in [6.07, 6.45) is -4.34. The Bertz CT molecular complexity index is 919. The normalized spacial score (nSPS) is 12.7. The molecular formula is C21H21F3N2O3. The number of benzene rings is 2. The number of rotatable bonds is 7. The molecule has 2 aromatic carbocycles. The molecule has 0 aliphatic heterocycles. The van der Waals surface area contributed by atoms with Crippen LogP contribution in [-0.2, 0) is 17.9 Å². The van der Waals surface area contributed by atoms with Gasteiger partial charge in [0, 0.05) is 11.9 Å². The number of hydrogen-bond donors (Lipinski definition) is 2. The molecule has 0 aliphatic rings. The number of carbonyl (C=O) groups is 1. The fraction of sp³-hybridized carbons (Fsp3) is 0.286. The van der Waals surface area contributed by atoms with Crippen LogP contribution >= 0.6 is 0 Å². The third-order valence-corrected chi connectivity index (χ3v) is 4.23. The molecule has 0 spiro atoms. The van der Waals surface area contributed by atoms with Crippen LogP contribution in [0.5, 0.6) is 0 Å². The average Bonchev–Trinajstić information content (AvgIpc) is 3.11. The topological polar surface area (TPSA) is 63.5 Å². The minimum atomic E-state index is -4.34. The van der Waals surface area contributed by atoms with E-state index in [9.17, 15) is 18.0 Å². The molecular weight excluding hydrogens is 385 g/mol. The lowest BCUT2D eigenvalue weighted by Gasteiger charge is -2.13. The van der Waals surface area contributed by atoms with Gasteiger partial charge in [-0.1, -0.05) is 42.5 Å². The van der Waals surface area contributed by atoms with Crippen molar-refractivity contribution in [3.05, 3.63) is 71.5 Å². The van der Waals surface area contributed by atoms with E-state index in [2.05, 4.69) is 15.4 Å². The third kappa shape index (κ3) is 6.25. The van der Waals surface area contributed by atoms with Crippen LogP contribution in [-0.4, -0.2) is 18.8 Å². The number of carbonyl (C=O) groups excluding carboxylic acids is 1. The molecule has 0 saturated heterocycles. The first-order chi connectivity index (χ1) is 13.8. The van der Waals surface area contributed by atoms with Gasteiger partial charge in [-0.3, -0.25) is 0 Å². The number of alkyl halides is 3. The van der Waals surface area contributed by atoms with Crippen molar-refractivity contribution in [2.45, 2.75) is 32.3 Å². The Morgan fingerprint density at radius 2 is 1.79 bits per heavy atom. The Balaban J connectivity index is 1.45. The van der Waals surface area contributed by atoms with Gasteiger partial charge in [-0.2, -0.15) is 13.2 Å². The first-order valence-electron chi connectivity index (χ1n) is 9.05. The van der Waals surface area contributed by atoms with Crippen molar-refractivity contribution >= 4 is 17.0 Å². The summed E-state index contributed by atoms with van der Waals surface area (Å²) in [7, 11) is 0. The molecule has 3 rings (SSSR count). The number of amides is 2. The molecule has 29 heavy (non-hydrogen) atoms. The maximum atomic E-state index is 12.1. The van der Waals surface area contributed by atoms with Crippen molar-refractivity contribution in [1.29, 1.82) is 0 Å². The molecule has 1 aromatic heterocycles. The number of fused-ring (bicyclic) bond motifs is 1. The number of hydrogen-bond acceptors (Lipinski definition) is 3. The van der Waals surface area contributed by atoms with Crippen LogP contribution in [0.4, 0.5) is 18.0 Å². The highest BCUT2D eigenvalue weighted by molar-refractivity contribution is 5.78. The Hall–Kier alpha value is -3.00. The number of para-hydroxylation sites is 1. The van der Waals surface area contributed by atoms with Gasteiger partial charge in [0.05, 0.1) is 12.6 Å². The van der Waals surface area contributed by atoms with Crippen molar-refractivity contribution in [3.8, 4) is 0 Å². The van der Waals surface area contributed by atoms with E-state index in [4.69, 9.17) is 4.42 Å². The zero-order valence-electron chi connectivity index (χ0n) is 15.8. The predicted molar refractivity (Wildman–Crippen MR) is 102 cm³/mol. The summed E-state index contributed by atoms with van der Waals surface area (Å²) in [6.45, 7) is 0.706. The van der Waals surface area contributed by atoms with Crippen LogP contribution in [0.2, 0.25) is 0 Å². The molecule has 8 heteroatoms. The molecule has 1 unspecified atom stereocenters. The largest absolute Gasteiger partial charge is 0.459 e. The SMILES string of the molecule is CC(NC(=O)NCc1ccc(COCC(F)(F)F)cc1)c1cc2ccccc2o1. The molecule has 0 bridgehead atoms. The summed E-state index contributed by atoms with van der Waals surface area (Å²) in [6, 6.07) is 15.6. The van der Waals surface area contributed by atoms with Gasteiger partial charge < -0.3 is 19.8 Å². The van der Waals surface area contributed by atoms with Gasteiger partial charge in [0.1, 0.15) is 18.0 Å². The van der Waals surface area contributed by atoms with Gasteiger partial charge in [-0.05, 0) is 30.2 Å². The van der Waals surface area contributed by atoms with Gasteiger partial charge >= 0.3 is 12.2 Å². The summed E-state index contributed by atoms with van der Waals surface area (Å²) < 4.78 is 46.6. The molecule has 1 heterocycles. The highest BCUT2D eigenvalue weighted by Crippen LogP contribution is 2.23. The Morgan fingerprint density at radius 1 is 1.10 bits per heavy atom. The van der Waals surface area contributed by atoms with Gasteiger partial charge in [0.2, 0.25) is 0 Å². The van der Waals surface area contributed by atoms with E-state index < -0.39 is 12.8 Å². The number of furan rings is 1. The standard InChI is InChI=1S/C21H21F3N2O3/c1-14(19-10-17-4-2-3-5-18(17)29-19)26-20(27)25-11-15-6-8-16(9-7-15)12-28-13-21(22,23)24/h2-10,14H,11-13H2,1H3,(H2,25,26,27). The summed E-state index contributed by atoms with van der Waals surface area (Å²) in [5.41, 5.74) is 2.20. The van der Waals surface area contributed by atoms with E-state index in [1.54, 1.807) is 24.3 Å². The zero-order chi connectivity index (χ0) is 20.9. The van der Waals surface area contributed by atoms with E-state index >= 15 is 0 Å². The number of ether oxygens (including phenoxy) is 1. The molecule has 154 valence electrons. The molecule has 0 saturated carbocycles. The van der Waals surface area contributed by atoms with Crippen LogP contribution in [0.1, 0.15) is 29.9 Å². The molecule has 0 fully saturated rings. The Labute approximate surface area is 165 Å². The molecule has 2 amide bonds. The van der Waals surface area contributed by atoms with Gasteiger partial charge in [-0.25, -0.2) is 4.79 Å². The maximum Gasteiger partial charge on any atom is 0.411 e. The fourth-order valence-electron chi connectivity index (χ4n) is 2.75. The molecule has 0 radical (unpaired) electrons. The van der Waals surface area contributed by atoms with Crippen LogP contribution in [0.15, 0.2) is 59.0 Å². The molecule has 2 N–H and O–H groups in total. The first kappa shape index (κ1) is 20.7. The minimum Gasteiger partial charge on any atom is -0.459 e. The first-order valence-corrected chi connectivity index (χ1v) is 9.05. The van der Waals surface area contributed by atoms with Crippen molar-refractivity contribution in [3.63, 3.8) is 0 Å². The van der Waals surface area contributed by atoms with Gasteiger partial charge in [0.25, 0.3) is 0 Å². The van der Waals surface area contributed by atoms with Crippen LogP contribution in [0.3, 0.4) is 0 Å². The third-order valence-electron chi connectivity index (χ3n) is 4.23. The molecule has 0 aliphatic carbocycles. The summed E-state index contributed by atoms with van der Waals surface area (Å²) in [5, 5.41) is 6.52. The Morgan fingerprint density at radius 3 is 2.48 bits per heavy atom. The van der Waals surface area contributed by atoms with Crippen LogP contribution < -0.4 is 10.6 Å². The molecule has 3 aromatic rings. The van der Waals surface area contributed by atoms with E-state index in [1.807, 2.05) is 37.3 Å². The van der Waals surface area contributed by atoms with Gasteiger partial charge in [-0.15, -0.1) is 0 Å². The van der Waals surface area contributed by atoms with E-state index in [1.165, 1.54) is 0 Å². The quantitative estimate of drug-likeness (QED) is 0.576. The second-order valence-electron chi connectivity index (χ2n) is 6.66. The second-order valence-corrected chi connectivity index (χ2v) is 6.66. The van der Waals surface area contributed by atoms with Crippen molar-refractivity contribution in [2.24, 2.45) is 0 Å². The number of nitrogens with one attached hydrogen (secondary N) is 2. The van der Waals surface area contributed by atoms with E-state index in [0.717, 1.165) is 16.5 Å². The monoisotopic (exact) mass is 406 g/mol. The van der Waals surface area contributed by atoms with Crippen molar-refractivity contribution in [1.82, 2.24) is 10.6 Å². The van der Waals surface area contributed by atoms with Crippen molar-refractivity contribution < 1.29 is 27.1 Å². The number of halogens is 3. The average molecular weight is 406 g/mol. The zero-order valence-corrected chi connectivity index (χ0v) is 15.8. The summed E-state index contributed by atoms with van der Waals surface area (Å²) in [5.74, 6) is 0.657. The predicted octanol–water partition coefficient (Wildman–Crippen LogP) is 5.07. The minimum absolute atomic E-state index is 0.122. The van der Waals surface area contributed by atoms with Crippen LogP contribution in [0.25, 0.3) is 11.0 Å². The summed E-state index contributed by atoms with van der Waals surface area (Å²) >= 11 is 0. The van der Waals surface area contributed by atoms with Crippen LogP contribution in [0, 0.1) is 0 Å². The second kappa shape index (κ2) is 9.00. The lowest BCUT2D eigenvalue weighted by molar-refractivity contribution is -0.176. The van der Waals surface area contributed by atoms with E-state index in [0.29, 0.717) is 11.3 Å². The lowest BCUT2D eigenvalue weighted by atomic mass is 10.1. The maximum absolute atomic E-state index is 12.1. The Kier molecular flexibility index (Phi) is 6.43. The van der Waals surface area contributed by atoms with Gasteiger partial charge in [0.15, 0.2) is 0 Å². The molecule has 5 nitrogen and oxygen atoms in total. The molecule has 1 atom stereocenters. The lowest BCUT2D eigenvalue weighted by Crippen LogP contribution is -2.36. The number of urea groups is 1. The smallest absolute Gasteiger partial charge is 0.411 e. The highest BCUT2D eigenvalue weighted by Gasteiger charge is 2.27. The highest BCUT2D eigenvalue weighted by atomic mass is 19.4.